The van der Waals surface area contributed by atoms with Crippen LogP contribution < -0.4 is 4.74 Å². The Kier molecular flexibility index (Phi) is 4.55. The third kappa shape index (κ3) is 3.32. The maximum Gasteiger partial charge on any atom is 0.142 e. The number of rotatable bonds is 2. The molecule has 2 heterocycles. The van der Waals surface area contributed by atoms with Gasteiger partial charge < -0.3 is 9.47 Å². The molecule has 0 N–H and O–H groups in total. The van der Waals surface area contributed by atoms with Gasteiger partial charge in [0, 0.05) is 18.7 Å². The highest BCUT2D eigenvalue weighted by Crippen LogP contribution is 2.45. The molecule has 138 valence electrons. The Morgan fingerprint density at radius 3 is 2.76 bits per heavy atom. The Hall–Kier alpha value is -1.10. The van der Waals surface area contributed by atoms with E-state index in [9.17, 15) is 0 Å². The Balaban J connectivity index is 1.54. The lowest BCUT2D eigenvalue weighted by Crippen LogP contribution is -2.48. The summed E-state index contributed by atoms with van der Waals surface area (Å²) >= 11 is 0. The zero-order valence-electron chi connectivity index (χ0n) is 16.1. The number of ether oxygens (including phenoxy) is 2. The van der Waals surface area contributed by atoms with Crippen LogP contribution >= 0.6 is 0 Å². The normalized spacial score (nSPS) is 31.1. The van der Waals surface area contributed by atoms with Crippen molar-refractivity contribution in [3.05, 3.63) is 29.3 Å². The van der Waals surface area contributed by atoms with Gasteiger partial charge in [0.25, 0.3) is 0 Å². The lowest BCUT2D eigenvalue weighted by Gasteiger charge is -2.47. The first-order valence-electron chi connectivity index (χ1n) is 9.68. The molecule has 3 atom stereocenters. The SMILES string of the molecule is CN1COc2ccc(C(C)(C)C3CCC4OCN(C)C[C@H]4C3)cc2C1. The van der Waals surface area contributed by atoms with Gasteiger partial charge in [-0.3, -0.25) is 9.80 Å². The quantitative estimate of drug-likeness (QED) is 0.820. The van der Waals surface area contributed by atoms with Crippen molar-refractivity contribution in [2.45, 2.75) is 51.2 Å². The molecule has 1 aromatic carbocycles. The Morgan fingerprint density at radius 2 is 1.92 bits per heavy atom. The van der Waals surface area contributed by atoms with Crippen molar-refractivity contribution in [2.75, 3.05) is 34.1 Å². The van der Waals surface area contributed by atoms with Gasteiger partial charge in [0.15, 0.2) is 0 Å². The number of nitrogens with zero attached hydrogens (tertiary/aromatic N) is 2. The van der Waals surface area contributed by atoms with Crippen LogP contribution in [0, 0.1) is 11.8 Å². The van der Waals surface area contributed by atoms with Gasteiger partial charge in [0.2, 0.25) is 0 Å². The molecule has 4 nitrogen and oxygen atoms in total. The van der Waals surface area contributed by atoms with Crippen LogP contribution in [-0.2, 0) is 16.7 Å². The summed E-state index contributed by atoms with van der Waals surface area (Å²) in [6, 6.07) is 6.86. The number of benzene rings is 1. The van der Waals surface area contributed by atoms with Crippen molar-refractivity contribution >= 4 is 0 Å². The van der Waals surface area contributed by atoms with Crippen molar-refractivity contribution < 1.29 is 9.47 Å². The highest BCUT2D eigenvalue weighted by molar-refractivity contribution is 5.41. The average Bonchev–Trinajstić information content (AvgIpc) is 2.60. The molecule has 25 heavy (non-hydrogen) atoms. The second kappa shape index (κ2) is 6.57. The molecule has 0 bridgehead atoms. The van der Waals surface area contributed by atoms with Gasteiger partial charge in [-0.05, 0) is 62.2 Å². The first-order chi connectivity index (χ1) is 11.9. The molecule has 1 aromatic rings. The van der Waals surface area contributed by atoms with Gasteiger partial charge in [-0.15, -0.1) is 0 Å². The fourth-order valence-electron chi connectivity index (χ4n) is 4.98. The highest BCUT2D eigenvalue weighted by atomic mass is 16.5. The number of fused-ring (bicyclic) bond motifs is 2. The molecule has 0 amide bonds. The fraction of sp³-hybridized carbons (Fsp3) is 0.714. The van der Waals surface area contributed by atoms with Crippen molar-refractivity contribution in [2.24, 2.45) is 11.8 Å². The summed E-state index contributed by atoms with van der Waals surface area (Å²) < 4.78 is 11.9. The monoisotopic (exact) mass is 344 g/mol. The molecular weight excluding hydrogens is 312 g/mol. The van der Waals surface area contributed by atoms with Gasteiger partial charge in [0.05, 0.1) is 12.8 Å². The lowest BCUT2D eigenvalue weighted by atomic mass is 9.64. The van der Waals surface area contributed by atoms with E-state index < -0.39 is 0 Å². The molecule has 0 aromatic heterocycles. The highest BCUT2D eigenvalue weighted by Gasteiger charge is 2.41. The van der Waals surface area contributed by atoms with E-state index in [-0.39, 0.29) is 5.41 Å². The second-order valence-corrected chi connectivity index (χ2v) is 8.97. The molecule has 1 saturated heterocycles. The third-order valence-corrected chi connectivity index (χ3v) is 6.67. The van der Waals surface area contributed by atoms with E-state index >= 15 is 0 Å². The zero-order valence-corrected chi connectivity index (χ0v) is 16.1. The molecule has 4 heteroatoms. The van der Waals surface area contributed by atoms with Crippen molar-refractivity contribution in [3.63, 3.8) is 0 Å². The van der Waals surface area contributed by atoms with E-state index in [4.69, 9.17) is 9.47 Å². The van der Waals surface area contributed by atoms with Crippen molar-refractivity contribution in [3.8, 4) is 5.75 Å². The van der Waals surface area contributed by atoms with Crippen LogP contribution in [0.3, 0.4) is 0 Å². The fourth-order valence-corrected chi connectivity index (χ4v) is 4.98. The van der Waals surface area contributed by atoms with Crippen LogP contribution in [0.2, 0.25) is 0 Å². The smallest absolute Gasteiger partial charge is 0.142 e. The molecule has 1 saturated carbocycles. The molecule has 3 aliphatic rings. The van der Waals surface area contributed by atoms with E-state index in [2.05, 4.69) is 55.9 Å². The lowest BCUT2D eigenvalue weighted by molar-refractivity contribution is -0.119. The molecule has 2 fully saturated rings. The summed E-state index contributed by atoms with van der Waals surface area (Å²) in [4.78, 5) is 4.54. The minimum atomic E-state index is 0.187. The summed E-state index contributed by atoms with van der Waals surface area (Å²) in [7, 11) is 4.28. The minimum absolute atomic E-state index is 0.187. The maximum atomic E-state index is 6.05. The Bertz CT molecular complexity index is 630. The summed E-state index contributed by atoms with van der Waals surface area (Å²) in [6.07, 6.45) is 4.23. The maximum absolute atomic E-state index is 6.05. The molecule has 4 rings (SSSR count). The van der Waals surface area contributed by atoms with E-state index in [1.807, 2.05) is 0 Å². The first-order valence-corrected chi connectivity index (χ1v) is 9.68. The van der Waals surface area contributed by atoms with Crippen molar-refractivity contribution in [1.82, 2.24) is 9.80 Å². The molecule has 1 aliphatic carbocycles. The van der Waals surface area contributed by atoms with Gasteiger partial charge >= 0.3 is 0 Å². The molecule has 0 radical (unpaired) electrons. The third-order valence-electron chi connectivity index (χ3n) is 6.67. The summed E-state index contributed by atoms with van der Waals surface area (Å²) in [5, 5.41) is 0. The van der Waals surface area contributed by atoms with Crippen LogP contribution in [0.1, 0.15) is 44.2 Å². The van der Waals surface area contributed by atoms with Gasteiger partial charge in [-0.1, -0.05) is 26.0 Å². The standard InChI is InChI=1S/C21H32N2O2/c1-21(2,17-5-7-19-15(9-17)11-22(3)13-24-19)18-6-8-20-16(10-18)12-23(4)14-25-20/h5,7,9,16,18,20H,6,8,10-14H2,1-4H3/t16-,18?,20?/m1/s1. The summed E-state index contributed by atoms with van der Waals surface area (Å²) in [6.45, 7) is 8.51. The van der Waals surface area contributed by atoms with E-state index in [0.717, 1.165) is 19.0 Å². The van der Waals surface area contributed by atoms with Crippen molar-refractivity contribution in [1.29, 1.82) is 0 Å². The van der Waals surface area contributed by atoms with E-state index in [0.29, 0.717) is 24.7 Å². The molecular formula is C21H32N2O2. The second-order valence-electron chi connectivity index (χ2n) is 8.97. The first kappa shape index (κ1) is 17.3. The molecule has 2 aliphatic heterocycles. The van der Waals surface area contributed by atoms with Crippen LogP contribution in [0.25, 0.3) is 0 Å². The Morgan fingerprint density at radius 1 is 1.08 bits per heavy atom. The van der Waals surface area contributed by atoms with Crippen LogP contribution in [0.4, 0.5) is 0 Å². The summed E-state index contributed by atoms with van der Waals surface area (Å²) in [5.41, 5.74) is 2.97. The predicted octanol–water partition coefficient (Wildman–Crippen LogP) is 3.45. The molecule has 0 spiro atoms. The zero-order chi connectivity index (χ0) is 17.6. The topological polar surface area (TPSA) is 24.9 Å². The van der Waals surface area contributed by atoms with E-state index in [1.165, 1.54) is 36.9 Å². The average molecular weight is 344 g/mol. The van der Waals surface area contributed by atoms with Gasteiger partial charge in [0.1, 0.15) is 12.5 Å². The minimum Gasteiger partial charge on any atom is -0.478 e. The van der Waals surface area contributed by atoms with Crippen LogP contribution in [0.5, 0.6) is 5.75 Å². The number of hydrogen-bond donors (Lipinski definition) is 0. The largest absolute Gasteiger partial charge is 0.478 e. The van der Waals surface area contributed by atoms with E-state index in [1.54, 1.807) is 0 Å². The number of hydrogen-bond acceptors (Lipinski definition) is 4. The summed E-state index contributed by atoms with van der Waals surface area (Å²) in [5.74, 6) is 2.46. The van der Waals surface area contributed by atoms with Crippen LogP contribution in [-0.4, -0.2) is 50.0 Å². The predicted molar refractivity (Wildman–Crippen MR) is 99.6 cm³/mol. The molecule has 2 unspecified atom stereocenters. The Labute approximate surface area is 152 Å². The van der Waals surface area contributed by atoms with Crippen LogP contribution in [0.15, 0.2) is 18.2 Å². The van der Waals surface area contributed by atoms with Gasteiger partial charge in [-0.25, -0.2) is 0 Å². The van der Waals surface area contributed by atoms with Gasteiger partial charge in [-0.2, -0.15) is 0 Å².